The molecule has 0 amide bonds. The number of carbonyl (C=O) groups is 1. The largest absolute Gasteiger partial charge is 0.481 e. The van der Waals surface area contributed by atoms with Gasteiger partial charge in [0.1, 0.15) is 12.2 Å². The van der Waals surface area contributed by atoms with Gasteiger partial charge in [-0.05, 0) is 45.9 Å². The molecule has 170 valence electrons. The molecule has 1 atom stereocenters. The maximum absolute atomic E-state index is 11.1. The maximum atomic E-state index is 11.1. The Bertz CT molecular complexity index is 1180. The summed E-state index contributed by atoms with van der Waals surface area (Å²) in [6.45, 7) is 4.85. The normalized spacial score (nSPS) is 12.2. The minimum atomic E-state index is -0.785. The molecule has 2 heterocycles. The number of hydrogen-bond donors (Lipinski definition) is 2. The van der Waals surface area contributed by atoms with Crippen LogP contribution in [0.1, 0.15) is 50.4 Å². The molecule has 0 aliphatic heterocycles. The lowest BCUT2D eigenvalue weighted by atomic mass is 9.92. The van der Waals surface area contributed by atoms with Crippen LogP contribution in [-0.2, 0) is 11.3 Å². The molecule has 0 fully saturated rings. The van der Waals surface area contributed by atoms with Crippen molar-refractivity contribution in [1.29, 1.82) is 0 Å². The smallest absolute Gasteiger partial charge is 0.303 e. The number of nitrogens with zero attached hydrogens (tertiary/aromatic N) is 6. The first-order chi connectivity index (χ1) is 16.0. The van der Waals surface area contributed by atoms with Gasteiger partial charge in [0.05, 0.1) is 6.54 Å². The van der Waals surface area contributed by atoms with E-state index < -0.39 is 5.97 Å². The zero-order chi connectivity index (χ0) is 23.2. The van der Waals surface area contributed by atoms with Gasteiger partial charge in [0.25, 0.3) is 0 Å². The van der Waals surface area contributed by atoms with Crippen LogP contribution in [0.3, 0.4) is 0 Å². The zero-order valence-corrected chi connectivity index (χ0v) is 18.7. The Morgan fingerprint density at radius 3 is 2.52 bits per heavy atom. The van der Waals surface area contributed by atoms with E-state index >= 15 is 0 Å². The molecule has 9 heteroatoms. The summed E-state index contributed by atoms with van der Waals surface area (Å²) < 4.78 is 1.89. The molecule has 4 aromatic rings. The van der Waals surface area contributed by atoms with Crippen molar-refractivity contribution in [3.05, 3.63) is 66.2 Å². The predicted octanol–water partition coefficient (Wildman–Crippen LogP) is 4.17. The van der Waals surface area contributed by atoms with E-state index in [1.165, 1.54) is 0 Å². The van der Waals surface area contributed by atoms with Crippen LogP contribution in [-0.4, -0.2) is 46.5 Å². The number of hydrogen-bond acceptors (Lipinski definition) is 6. The SMILES string of the molecule is CC(C)CC(CCC(=O)O)c1ncnn1Cc1ccc(-c2ccccc2-c2nnn[nH]2)cc1. The summed E-state index contributed by atoms with van der Waals surface area (Å²) in [7, 11) is 0. The molecular weight excluding hydrogens is 418 g/mol. The highest BCUT2D eigenvalue weighted by molar-refractivity contribution is 5.80. The molecule has 1 unspecified atom stereocenters. The van der Waals surface area contributed by atoms with Gasteiger partial charge >= 0.3 is 5.97 Å². The highest BCUT2D eigenvalue weighted by Crippen LogP contribution is 2.30. The average Bonchev–Trinajstić information content (AvgIpc) is 3.49. The third-order valence-electron chi connectivity index (χ3n) is 5.60. The second kappa shape index (κ2) is 10.2. The summed E-state index contributed by atoms with van der Waals surface area (Å²) in [5.74, 6) is 1.18. The summed E-state index contributed by atoms with van der Waals surface area (Å²) in [6.07, 6.45) is 3.11. The van der Waals surface area contributed by atoms with Gasteiger partial charge in [0.15, 0.2) is 5.82 Å². The van der Waals surface area contributed by atoms with E-state index in [2.05, 4.69) is 68.8 Å². The molecule has 4 rings (SSSR count). The maximum Gasteiger partial charge on any atom is 0.303 e. The lowest BCUT2D eigenvalue weighted by Gasteiger charge is -2.18. The van der Waals surface area contributed by atoms with Gasteiger partial charge in [-0.3, -0.25) is 4.79 Å². The van der Waals surface area contributed by atoms with Gasteiger partial charge in [-0.2, -0.15) is 5.10 Å². The molecule has 0 aliphatic carbocycles. The van der Waals surface area contributed by atoms with E-state index in [1.807, 2.05) is 28.9 Å². The van der Waals surface area contributed by atoms with Crippen molar-refractivity contribution in [1.82, 2.24) is 35.4 Å². The molecule has 0 spiro atoms. The van der Waals surface area contributed by atoms with Crippen molar-refractivity contribution >= 4 is 5.97 Å². The molecule has 0 bridgehead atoms. The number of carboxylic acids is 1. The van der Waals surface area contributed by atoms with Gasteiger partial charge in [-0.25, -0.2) is 14.8 Å². The van der Waals surface area contributed by atoms with E-state index in [0.29, 0.717) is 24.7 Å². The minimum Gasteiger partial charge on any atom is -0.481 e. The van der Waals surface area contributed by atoms with Crippen molar-refractivity contribution in [2.45, 2.75) is 45.6 Å². The van der Waals surface area contributed by atoms with Crippen molar-refractivity contribution in [3.8, 4) is 22.5 Å². The second-order valence-electron chi connectivity index (χ2n) is 8.53. The summed E-state index contributed by atoms with van der Waals surface area (Å²) >= 11 is 0. The van der Waals surface area contributed by atoms with Crippen LogP contribution in [0.25, 0.3) is 22.5 Å². The van der Waals surface area contributed by atoms with E-state index in [4.69, 9.17) is 5.11 Å². The number of aromatic nitrogens is 7. The van der Waals surface area contributed by atoms with E-state index in [0.717, 1.165) is 34.5 Å². The fourth-order valence-electron chi connectivity index (χ4n) is 4.11. The Morgan fingerprint density at radius 2 is 1.85 bits per heavy atom. The van der Waals surface area contributed by atoms with Crippen LogP contribution in [0.15, 0.2) is 54.9 Å². The molecule has 2 aromatic heterocycles. The zero-order valence-electron chi connectivity index (χ0n) is 18.7. The highest BCUT2D eigenvalue weighted by Gasteiger charge is 2.21. The van der Waals surface area contributed by atoms with Crippen LogP contribution < -0.4 is 0 Å². The fourth-order valence-corrected chi connectivity index (χ4v) is 4.11. The summed E-state index contributed by atoms with van der Waals surface area (Å²) in [5.41, 5.74) is 4.12. The Morgan fingerprint density at radius 1 is 1.09 bits per heavy atom. The Balaban J connectivity index is 1.54. The van der Waals surface area contributed by atoms with Crippen LogP contribution in [0.5, 0.6) is 0 Å². The van der Waals surface area contributed by atoms with Crippen molar-refractivity contribution < 1.29 is 9.90 Å². The third-order valence-corrected chi connectivity index (χ3v) is 5.60. The third kappa shape index (κ3) is 5.49. The highest BCUT2D eigenvalue weighted by atomic mass is 16.4. The number of aromatic amines is 1. The second-order valence-corrected chi connectivity index (χ2v) is 8.53. The Kier molecular flexibility index (Phi) is 6.87. The van der Waals surface area contributed by atoms with Crippen LogP contribution in [0, 0.1) is 5.92 Å². The van der Waals surface area contributed by atoms with Gasteiger partial charge < -0.3 is 5.11 Å². The topological polar surface area (TPSA) is 122 Å². The Hall–Kier alpha value is -3.88. The van der Waals surface area contributed by atoms with Crippen molar-refractivity contribution in [2.75, 3.05) is 0 Å². The molecule has 0 radical (unpaired) electrons. The number of carboxylic acid groups (broad SMARTS) is 1. The van der Waals surface area contributed by atoms with Gasteiger partial charge in [0.2, 0.25) is 0 Å². The lowest BCUT2D eigenvalue weighted by molar-refractivity contribution is -0.137. The lowest BCUT2D eigenvalue weighted by Crippen LogP contribution is -2.14. The number of benzene rings is 2. The molecule has 2 aromatic carbocycles. The summed E-state index contributed by atoms with van der Waals surface area (Å²) in [4.78, 5) is 15.6. The molecule has 2 N–H and O–H groups in total. The summed E-state index contributed by atoms with van der Waals surface area (Å²) in [5, 5.41) is 27.8. The minimum absolute atomic E-state index is 0.0604. The molecule has 0 saturated heterocycles. The molecule has 0 aliphatic rings. The number of tetrazole rings is 1. The monoisotopic (exact) mass is 445 g/mol. The quantitative estimate of drug-likeness (QED) is 0.376. The first-order valence-electron chi connectivity index (χ1n) is 11.0. The van der Waals surface area contributed by atoms with Gasteiger partial charge in [-0.1, -0.05) is 62.4 Å². The Labute approximate surface area is 191 Å². The summed E-state index contributed by atoms with van der Waals surface area (Å²) in [6, 6.07) is 16.3. The molecule has 0 saturated carbocycles. The first kappa shape index (κ1) is 22.3. The number of rotatable bonds is 10. The van der Waals surface area contributed by atoms with Crippen LogP contribution >= 0.6 is 0 Å². The van der Waals surface area contributed by atoms with Gasteiger partial charge in [-0.15, -0.1) is 5.10 Å². The van der Waals surface area contributed by atoms with Crippen molar-refractivity contribution in [2.24, 2.45) is 5.92 Å². The molecule has 33 heavy (non-hydrogen) atoms. The predicted molar refractivity (Wildman–Crippen MR) is 123 cm³/mol. The number of nitrogens with one attached hydrogen (secondary N) is 1. The average molecular weight is 446 g/mol. The van der Waals surface area contributed by atoms with E-state index in [-0.39, 0.29) is 12.3 Å². The fraction of sp³-hybridized carbons (Fsp3) is 0.333. The molecule has 9 nitrogen and oxygen atoms in total. The van der Waals surface area contributed by atoms with E-state index in [1.54, 1.807) is 6.33 Å². The van der Waals surface area contributed by atoms with Crippen molar-refractivity contribution in [3.63, 3.8) is 0 Å². The first-order valence-corrected chi connectivity index (χ1v) is 11.0. The van der Waals surface area contributed by atoms with Crippen LogP contribution in [0.2, 0.25) is 0 Å². The number of aliphatic carboxylic acids is 1. The standard InChI is InChI=1S/C24H27N7O2/c1-16(2)13-19(11-12-22(32)33)24-25-15-26-31(24)14-17-7-9-18(10-8-17)20-5-3-4-6-21(20)23-27-29-30-28-23/h3-10,15-16,19H,11-14H2,1-2H3,(H,32,33)(H,27,28,29,30). The van der Waals surface area contributed by atoms with Gasteiger partial charge in [0, 0.05) is 17.9 Å². The molecular formula is C24H27N7O2. The number of H-pyrrole nitrogens is 1. The van der Waals surface area contributed by atoms with Crippen LogP contribution in [0.4, 0.5) is 0 Å². The van der Waals surface area contributed by atoms with E-state index in [9.17, 15) is 4.79 Å².